The molecule has 1 unspecified atom stereocenters. The average molecular weight is 459 g/mol. The summed E-state index contributed by atoms with van der Waals surface area (Å²) in [4.78, 5) is 29.5. The van der Waals surface area contributed by atoms with E-state index in [1.165, 1.54) is 28.5 Å². The SMILES string of the molecule is COc1ccc(-n2c3c(cc(-c4ccc(=O)n(C)c4)c2=O)C=NC(NCC(F)(F)F)N3)cc1. The van der Waals surface area contributed by atoms with Crippen molar-refractivity contribution in [3.05, 3.63) is 74.9 Å². The van der Waals surface area contributed by atoms with Gasteiger partial charge in [0, 0.05) is 42.2 Å². The van der Waals surface area contributed by atoms with Crippen LogP contribution in [0, 0.1) is 0 Å². The highest BCUT2D eigenvalue weighted by Gasteiger charge is 2.29. The predicted molar refractivity (Wildman–Crippen MR) is 118 cm³/mol. The van der Waals surface area contributed by atoms with E-state index in [4.69, 9.17) is 4.74 Å². The van der Waals surface area contributed by atoms with Crippen LogP contribution in [0.25, 0.3) is 16.8 Å². The zero-order valence-electron chi connectivity index (χ0n) is 17.7. The number of nitrogens with zero attached hydrogens (tertiary/aromatic N) is 3. The summed E-state index contributed by atoms with van der Waals surface area (Å²) >= 11 is 0. The Bertz CT molecular complexity index is 1330. The predicted octanol–water partition coefficient (Wildman–Crippen LogP) is 2.49. The normalized spacial score (nSPS) is 15.1. The number of ether oxygens (including phenoxy) is 1. The highest BCUT2D eigenvalue weighted by Crippen LogP contribution is 2.27. The van der Waals surface area contributed by atoms with Crippen LogP contribution in [0.3, 0.4) is 0 Å². The Hall–Kier alpha value is -3.86. The summed E-state index contributed by atoms with van der Waals surface area (Å²) in [7, 11) is 3.09. The smallest absolute Gasteiger partial charge is 0.401 e. The molecule has 0 bridgehead atoms. The van der Waals surface area contributed by atoms with Gasteiger partial charge in [-0.15, -0.1) is 0 Å². The Labute approximate surface area is 186 Å². The molecule has 1 aliphatic rings. The summed E-state index contributed by atoms with van der Waals surface area (Å²) in [5.74, 6) is 0.863. The highest BCUT2D eigenvalue weighted by atomic mass is 19.4. The summed E-state index contributed by atoms with van der Waals surface area (Å²) in [6.07, 6.45) is -2.54. The number of rotatable bonds is 5. The zero-order chi connectivity index (χ0) is 23.8. The molecule has 3 heterocycles. The first-order chi connectivity index (χ1) is 15.7. The maximum absolute atomic E-state index is 13.6. The lowest BCUT2D eigenvalue weighted by Crippen LogP contribution is -2.43. The summed E-state index contributed by atoms with van der Waals surface area (Å²) < 4.78 is 45.9. The molecule has 0 amide bonds. The van der Waals surface area contributed by atoms with E-state index in [9.17, 15) is 22.8 Å². The van der Waals surface area contributed by atoms with Gasteiger partial charge in [0.05, 0.1) is 19.3 Å². The number of benzene rings is 1. The molecule has 1 aromatic carbocycles. The number of hydrogen-bond acceptors (Lipinski definition) is 6. The fourth-order valence-corrected chi connectivity index (χ4v) is 3.46. The van der Waals surface area contributed by atoms with E-state index in [-0.39, 0.29) is 11.4 Å². The van der Waals surface area contributed by atoms with Crippen LogP contribution < -0.4 is 26.5 Å². The number of fused-ring (bicyclic) bond motifs is 1. The minimum atomic E-state index is -4.42. The average Bonchev–Trinajstić information content (AvgIpc) is 2.79. The summed E-state index contributed by atoms with van der Waals surface area (Å²) in [5, 5.41) is 5.14. The second kappa shape index (κ2) is 8.58. The van der Waals surface area contributed by atoms with Crippen LogP contribution in [0.15, 0.2) is 63.2 Å². The molecule has 1 atom stereocenters. The van der Waals surface area contributed by atoms with E-state index < -0.39 is 24.6 Å². The van der Waals surface area contributed by atoms with Crippen molar-refractivity contribution in [2.24, 2.45) is 12.0 Å². The molecule has 0 fully saturated rings. The quantitative estimate of drug-likeness (QED) is 0.612. The first-order valence-electron chi connectivity index (χ1n) is 9.88. The minimum Gasteiger partial charge on any atom is -0.497 e. The molecule has 2 N–H and O–H groups in total. The van der Waals surface area contributed by atoms with Crippen molar-refractivity contribution in [3.63, 3.8) is 0 Å². The van der Waals surface area contributed by atoms with Crippen LogP contribution in [0.2, 0.25) is 0 Å². The lowest BCUT2D eigenvalue weighted by Gasteiger charge is -2.26. The molecule has 33 heavy (non-hydrogen) atoms. The number of anilines is 1. The number of methoxy groups -OCH3 is 1. The van der Waals surface area contributed by atoms with Crippen molar-refractivity contribution in [1.29, 1.82) is 0 Å². The monoisotopic (exact) mass is 459 g/mol. The Morgan fingerprint density at radius 3 is 2.52 bits per heavy atom. The van der Waals surface area contributed by atoms with Crippen molar-refractivity contribution < 1.29 is 17.9 Å². The maximum Gasteiger partial charge on any atom is 0.401 e. The Balaban J connectivity index is 1.86. The van der Waals surface area contributed by atoms with E-state index in [0.717, 1.165) is 0 Å². The molecule has 8 nitrogen and oxygen atoms in total. The van der Waals surface area contributed by atoms with E-state index >= 15 is 0 Å². The van der Waals surface area contributed by atoms with Crippen molar-refractivity contribution >= 4 is 12.0 Å². The fourth-order valence-electron chi connectivity index (χ4n) is 3.46. The van der Waals surface area contributed by atoms with Crippen molar-refractivity contribution in [2.75, 3.05) is 19.0 Å². The van der Waals surface area contributed by atoms with Gasteiger partial charge in [0.25, 0.3) is 5.56 Å². The van der Waals surface area contributed by atoms with Crippen LogP contribution in [-0.4, -0.2) is 41.5 Å². The maximum atomic E-state index is 13.6. The van der Waals surface area contributed by atoms with Gasteiger partial charge in [-0.25, -0.2) is 0 Å². The molecule has 1 aliphatic heterocycles. The lowest BCUT2D eigenvalue weighted by molar-refractivity contribution is -0.125. The molecular weight excluding hydrogens is 439 g/mol. The van der Waals surface area contributed by atoms with Gasteiger partial charge in [0.1, 0.15) is 11.6 Å². The third-order valence-electron chi connectivity index (χ3n) is 5.09. The zero-order valence-corrected chi connectivity index (χ0v) is 17.7. The summed E-state index contributed by atoms with van der Waals surface area (Å²) in [6.45, 7) is -1.25. The van der Waals surface area contributed by atoms with Crippen LogP contribution in [0.4, 0.5) is 19.0 Å². The highest BCUT2D eigenvalue weighted by molar-refractivity contribution is 5.91. The molecular formula is C22H20F3N5O3. The van der Waals surface area contributed by atoms with E-state index in [1.807, 2.05) is 0 Å². The standard InChI is InChI=1S/C22H20F3N5O3/c1-29-11-13(3-8-18(29)31)17-9-14-10-26-21(27-12-22(23,24)25)28-19(14)30(20(17)32)15-4-6-16(33-2)7-5-15/h3-11,21,27-28H,12H2,1-2H3. The number of hydrogen-bond donors (Lipinski definition) is 2. The van der Waals surface area contributed by atoms with Gasteiger partial charge in [0.2, 0.25) is 5.56 Å². The van der Waals surface area contributed by atoms with Gasteiger partial charge < -0.3 is 14.6 Å². The van der Waals surface area contributed by atoms with Gasteiger partial charge in [-0.2, -0.15) is 13.2 Å². The Kier molecular flexibility index (Phi) is 5.81. The number of pyridine rings is 2. The molecule has 3 aromatic rings. The number of nitrogens with one attached hydrogen (secondary N) is 2. The number of aromatic nitrogens is 2. The fraction of sp³-hybridized carbons (Fsp3) is 0.227. The summed E-state index contributed by atoms with van der Waals surface area (Å²) in [5.41, 5.74) is 1.14. The topological polar surface area (TPSA) is 89.7 Å². The van der Waals surface area contributed by atoms with Gasteiger partial charge in [-0.1, -0.05) is 0 Å². The molecule has 2 aromatic heterocycles. The van der Waals surface area contributed by atoms with Crippen molar-refractivity contribution in [3.8, 4) is 22.6 Å². The van der Waals surface area contributed by atoms with Crippen molar-refractivity contribution in [1.82, 2.24) is 14.5 Å². The second-order valence-electron chi connectivity index (χ2n) is 7.39. The number of halogens is 3. The molecule has 0 aliphatic carbocycles. The molecule has 172 valence electrons. The molecule has 11 heteroatoms. The second-order valence-corrected chi connectivity index (χ2v) is 7.39. The van der Waals surface area contributed by atoms with E-state index in [2.05, 4.69) is 15.6 Å². The van der Waals surface area contributed by atoms with E-state index in [0.29, 0.717) is 28.1 Å². The number of aliphatic imine (C=N–C) groups is 1. The number of aryl methyl sites for hydroxylation is 1. The van der Waals surface area contributed by atoms with Crippen LogP contribution in [0.5, 0.6) is 5.75 Å². The minimum absolute atomic E-state index is 0.228. The third kappa shape index (κ3) is 4.67. The van der Waals surface area contributed by atoms with Crippen LogP contribution >= 0.6 is 0 Å². The van der Waals surface area contributed by atoms with E-state index in [1.54, 1.807) is 49.6 Å². The number of alkyl halides is 3. The van der Waals surface area contributed by atoms with Crippen LogP contribution in [0.1, 0.15) is 5.56 Å². The largest absolute Gasteiger partial charge is 0.497 e. The third-order valence-corrected chi connectivity index (χ3v) is 5.09. The summed E-state index contributed by atoms with van der Waals surface area (Å²) in [6, 6.07) is 11.2. The van der Waals surface area contributed by atoms with Gasteiger partial charge in [0.15, 0.2) is 6.29 Å². The molecule has 0 saturated heterocycles. The molecule has 4 rings (SSSR count). The first kappa shape index (κ1) is 22.3. The van der Waals surface area contributed by atoms with Gasteiger partial charge in [-0.3, -0.25) is 24.5 Å². The van der Waals surface area contributed by atoms with Gasteiger partial charge in [-0.05, 0) is 36.4 Å². The molecule has 0 radical (unpaired) electrons. The van der Waals surface area contributed by atoms with Crippen LogP contribution in [-0.2, 0) is 7.05 Å². The first-order valence-corrected chi connectivity index (χ1v) is 9.88. The van der Waals surface area contributed by atoms with Gasteiger partial charge >= 0.3 is 6.18 Å². The molecule has 0 spiro atoms. The Morgan fingerprint density at radius 1 is 1.15 bits per heavy atom. The lowest BCUT2D eigenvalue weighted by atomic mass is 10.1. The molecule has 0 saturated carbocycles. The Morgan fingerprint density at radius 2 is 1.88 bits per heavy atom. The van der Waals surface area contributed by atoms with Crippen molar-refractivity contribution in [2.45, 2.75) is 12.5 Å².